The summed E-state index contributed by atoms with van der Waals surface area (Å²) in [5.74, 6) is 1.80. The van der Waals surface area contributed by atoms with Crippen LogP contribution in [0.4, 0.5) is 0 Å². The smallest absolute Gasteiger partial charge is 0.119 e. The molecule has 0 amide bonds. The molecule has 3 aliphatic rings. The van der Waals surface area contributed by atoms with Gasteiger partial charge in [0.15, 0.2) is 0 Å². The summed E-state index contributed by atoms with van der Waals surface area (Å²) in [6, 6.07) is 26.6. The van der Waals surface area contributed by atoms with Gasteiger partial charge < -0.3 is 18.9 Å². The first-order valence-electron chi connectivity index (χ1n) is 13.9. The van der Waals surface area contributed by atoms with Crippen LogP contribution in [-0.2, 0) is 14.9 Å². The second-order valence-corrected chi connectivity index (χ2v) is 11.2. The normalized spacial score (nSPS) is 19.8. The fourth-order valence-corrected chi connectivity index (χ4v) is 6.80. The number of hydrogen-bond acceptors (Lipinski definition) is 4. The Morgan fingerprint density at radius 3 is 1.33 bits per heavy atom. The van der Waals surface area contributed by atoms with E-state index in [0.717, 1.165) is 24.7 Å². The summed E-state index contributed by atoms with van der Waals surface area (Å²) in [6.45, 7) is 11.7. The van der Waals surface area contributed by atoms with Gasteiger partial charge in [-0.25, -0.2) is 0 Å². The highest BCUT2D eigenvalue weighted by Gasteiger charge is 2.49. The van der Waals surface area contributed by atoms with Crippen LogP contribution in [0.2, 0.25) is 0 Å². The van der Waals surface area contributed by atoms with Crippen LogP contribution in [0.1, 0.15) is 44.5 Å². The second-order valence-electron chi connectivity index (χ2n) is 11.2. The Morgan fingerprint density at radius 1 is 0.615 bits per heavy atom. The van der Waals surface area contributed by atoms with E-state index in [1.54, 1.807) is 0 Å². The van der Waals surface area contributed by atoms with E-state index < -0.39 is 5.41 Å². The van der Waals surface area contributed by atoms with Gasteiger partial charge in [-0.2, -0.15) is 0 Å². The lowest BCUT2D eigenvalue weighted by Crippen LogP contribution is -2.32. The van der Waals surface area contributed by atoms with Crippen molar-refractivity contribution in [1.82, 2.24) is 0 Å². The number of ether oxygens (including phenoxy) is 4. The van der Waals surface area contributed by atoms with Crippen molar-refractivity contribution >= 4 is 0 Å². The van der Waals surface area contributed by atoms with Crippen molar-refractivity contribution in [3.8, 4) is 22.6 Å². The zero-order valence-electron chi connectivity index (χ0n) is 23.0. The molecule has 4 nitrogen and oxygen atoms in total. The molecule has 4 aromatic carbocycles. The van der Waals surface area contributed by atoms with Crippen LogP contribution in [0, 0.1) is 27.7 Å². The fourth-order valence-electron chi connectivity index (χ4n) is 6.80. The molecule has 0 radical (unpaired) electrons. The van der Waals surface area contributed by atoms with Crippen molar-refractivity contribution < 1.29 is 18.9 Å². The molecular formula is C35H34O4. The maximum absolute atomic E-state index is 6.15. The molecule has 7 rings (SSSR count). The largest absolute Gasteiger partial charge is 0.491 e. The van der Waals surface area contributed by atoms with Crippen LogP contribution < -0.4 is 9.47 Å². The molecule has 0 saturated carbocycles. The van der Waals surface area contributed by atoms with Crippen molar-refractivity contribution in [3.05, 3.63) is 117 Å². The highest BCUT2D eigenvalue weighted by Crippen LogP contribution is 2.59. The van der Waals surface area contributed by atoms with E-state index in [-0.39, 0.29) is 12.2 Å². The zero-order chi connectivity index (χ0) is 26.7. The summed E-state index contributed by atoms with van der Waals surface area (Å²) in [5, 5.41) is 0. The van der Waals surface area contributed by atoms with Gasteiger partial charge in [0.05, 0.1) is 18.6 Å². The van der Waals surface area contributed by atoms with Gasteiger partial charge in [0.25, 0.3) is 0 Å². The van der Waals surface area contributed by atoms with Gasteiger partial charge in [-0.05, 0) is 108 Å². The van der Waals surface area contributed by atoms with Gasteiger partial charge in [0.1, 0.15) is 36.9 Å². The Kier molecular flexibility index (Phi) is 5.80. The zero-order valence-corrected chi connectivity index (χ0v) is 23.0. The molecule has 2 saturated heterocycles. The lowest BCUT2D eigenvalue weighted by molar-refractivity contribution is 0.262. The molecule has 2 aliphatic heterocycles. The van der Waals surface area contributed by atoms with E-state index in [1.807, 2.05) is 0 Å². The third-order valence-corrected chi connectivity index (χ3v) is 8.39. The number of hydrogen-bond donors (Lipinski definition) is 0. The topological polar surface area (TPSA) is 43.5 Å². The molecule has 198 valence electrons. The summed E-state index contributed by atoms with van der Waals surface area (Å²) >= 11 is 0. The molecule has 0 N–H and O–H groups in total. The van der Waals surface area contributed by atoms with Gasteiger partial charge in [-0.1, -0.05) is 48.5 Å². The molecular weight excluding hydrogens is 484 g/mol. The SMILES string of the molecule is Cc1cc(OCC2CO2)cc(C)c1C1(c2c(C)cc(OCC3CO3)cc2C)c2ccccc2-c2ccccc21. The Bertz CT molecular complexity index is 1410. The van der Waals surface area contributed by atoms with E-state index in [4.69, 9.17) is 18.9 Å². The van der Waals surface area contributed by atoms with Gasteiger partial charge >= 0.3 is 0 Å². The summed E-state index contributed by atoms with van der Waals surface area (Å²) < 4.78 is 23.0. The standard InChI is InChI=1S/C35H34O4/c1-21-13-25(36-17-27-19-38-27)14-22(2)33(21)35(31-11-7-5-9-29(31)30-10-6-8-12-32(30)35)34-23(3)15-26(16-24(34)4)37-18-28-20-39-28/h5-16,27-28H,17-20H2,1-4H3. The van der Waals surface area contributed by atoms with E-state index in [1.165, 1.54) is 55.6 Å². The maximum atomic E-state index is 6.15. The molecule has 4 aromatic rings. The number of benzene rings is 4. The van der Waals surface area contributed by atoms with Crippen LogP contribution in [0.5, 0.6) is 11.5 Å². The summed E-state index contributed by atoms with van der Waals surface area (Å²) in [6.07, 6.45) is 0.449. The maximum Gasteiger partial charge on any atom is 0.119 e. The van der Waals surface area contributed by atoms with Crippen molar-refractivity contribution in [2.24, 2.45) is 0 Å². The first-order valence-corrected chi connectivity index (χ1v) is 13.9. The minimum Gasteiger partial charge on any atom is -0.491 e. The lowest BCUT2D eigenvalue weighted by atomic mass is 9.63. The van der Waals surface area contributed by atoms with Crippen LogP contribution in [-0.4, -0.2) is 38.6 Å². The average molecular weight is 519 g/mol. The quantitative estimate of drug-likeness (QED) is 0.211. The minimum absolute atomic E-state index is 0.225. The lowest BCUT2D eigenvalue weighted by Gasteiger charge is -2.39. The summed E-state index contributed by atoms with van der Waals surface area (Å²) in [4.78, 5) is 0. The minimum atomic E-state index is -0.466. The average Bonchev–Trinajstić information content (AvgIpc) is 3.85. The second kappa shape index (κ2) is 9.25. The summed E-state index contributed by atoms with van der Waals surface area (Å²) in [5.41, 5.74) is 12.3. The molecule has 2 atom stereocenters. The van der Waals surface area contributed by atoms with Crippen molar-refractivity contribution in [3.63, 3.8) is 0 Å². The Labute approximate surface area is 230 Å². The molecule has 0 aromatic heterocycles. The van der Waals surface area contributed by atoms with Gasteiger partial charge in [0, 0.05) is 0 Å². The molecule has 39 heavy (non-hydrogen) atoms. The molecule has 2 fully saturated rings. The predicted octanol–water partition coefficient (Wildman–Crippen LogP) is 6.84. The molecule has 2 unspecified atom stereocenters. The van der Waals surface area contributed by atoms with Crippen molar-refractivity contribution in [1.29, 1.82) is 0 Å². The first-order chi connectivity index (χ1) is 19.0. The van der Waals surface area contributed by atoms with Crippen LogP contribution in [0.25, 0.3) is 11.1 Å². The number of aryl methyl sites for hydroxylation is 4. The molecule has 0 bridgehead atoms. The number of rotatable bonds is 8. The van der Waals surface area contributed by atoms with Crippen LogP contribution >= 0.6 is 0 Å². The van der Waals surface area contributed by atoms with Gasteiger partial charge in [-0.15, -0.1) is 0 Å². The van der Waals surface area contributed by atoms with E-state index in [9.17, 15) is 0 Å². The van der Waals surface area contributed by atoms with Crippen LogP contribution in [0.15, 0.2) is 72.8 Å². The van der Waals surface area contributed by atoms with Crippen LogP contribution in [0.3, 0.4) is 0 Å². The van der Waals surface area contributed by atoms with E-state index in [0.29, 0.717) is 13.2 Å². The molecule has 1 aliphatic carbocycles. The molecule has 2 heterocycles. The molecule has 4 heteroatoms. The van der Waals surface area contributed by atoms with E-state index in [2.05, 4.69) is 100 Å². The van der Waals surface area contributed by atoms with Crippen molar-refractivity contribution in [2.75, 3.05) is 26.4 Å². The fraction of sp³-hybridized carbons (Fsp3) is 0.314. The Morgan fingerprint density at radius 2 is 0.974 bits per heavy atom. The highest BCUT2D eigenvalue weighted by atomic mass is 16.6. The molecule has 0 spiro atoms. The Hall–Kier alpha value is -3.60. The predicted molar refractivity (Wildman–Crippen MR) is 153 cm³/mol. The van der Waals surface area contributed by atoms with E-state index >= 15 is 0 Å². The third-order valence-electron chi connectivity index (χ3n) is 8.39. The van der Waals surface area contributed by atoms with Gasteiger partial charge in [0.2, 0.25) is 0 Å². The highest BCUT2D eigenvalue weighted by molar-refractivity contribution is 5.87. The number of epoxide rings is 2. The third kappa shape index (κ3) is 4.05. The Balaban J connectivity index is 1.48. The summed E-state index contributed by atoms with van der Waals surface area (Å²) in [7, 11) is 0. The first kappa shape index (κ1) is 24.4. The van der Waals surface area contributed by atoms with Gasteiger partial charge in [-0.3, -0.25) is 0 Å². The van der Waals surface area contributed by atoms with Crippen molar-refractivity contribution in [2.45, 2.75) is 45.3 Å². The number of fused-ring (bicyclic) bond motifs is 3. The monoisotopic (exact) mass is 518 g/mol.